The van der Waals surface area contributed by atoms with Gasteiger partial charge in [0.1, 0.15) is 5.69 Å². The number of hydrogen-bond acceptors (Lipinski definition) is 6. The minimum Gasteiger partial charge on any atom is -0.465 e. The number of rotatable bonds is 4. The van der Waals surface area contributed by atoms with E-state index in [2.05, 4.69) is 10.1 Å². The van der Waals surface area contributed by atoms with Crippen LogP contribution in [-0.2, 0) is 11.8 Å². The predicted octanol–water partition coefficient (Wildman–Crippen LogP) is 2.98. The molecule has 0 atom stereocenters. The van der Waals surface area contributed by atoms with Crippen LogP contribution in [0.5, 0.6) is 0 Å². The number of benzene rings is 2. The van der Waals surface area contributed by atoms with E-state index in [-0.39, 0.29) is 5.69 Å². The zero-order valence-electron chi connectivity index (χ0n) is 14.1. The average molecular weight is 353 g/mol. The number of para-hydroxylation sites is 1. The number of anilines is 2. The van der Waals surface area contributed by atoms with E-state index < -0.39 is 22.1 Å². The molecule has 0 aliphatic heterocycles. The summed E-state index contributed by atoms with van der Waals surface area (Å²) in [7, 11) is 2.77. The Labute approximate surface area is 147 Å². The maximum atomic E-state index is 12.4. The van der Waals surface area contributed by atoms with Gasteiger partial charge in [-0.3, -0.25) is 14.9 Å². The number of nitro groups is 1. The van der Waals surface area contributed by atoms with Gasteiger partial charge in [-0.2, -0.15) is 0 Å². The largest absolute Gasteiger partial charge is 0.465 e. The van der Waals surface area contributed by atoms with E-state index in [1.54, 1.807) is 36.4 Å². The minimum atomic E-state index is -0.706. The standard InChI is InChI=1S/C18H15N3O5/c1-20-14-6-4-3-5-13(14)15(16(17(20)22)21(24)25)19-12-9-7-11(8-10-12)18(23)26-2/h3-10,19H,1-2H3. The second-order valence-corrected chi connectivity index (χ2v) is 5.56. The van der Waals surface area contributed by atoms with Crippen LogP contribution >= 0.6 is 0 Å². The smallest absolute Gasteiger partial charge is 0.357 e. The third-order valence-corrected chi connectivity index (χ3v) is 4.04. The fourth-order valence-corrected chi connectivity index (χ4v) is 2.73. The Kier molecular flexibility index (Phi) is 4.40. The molecule has 0 aliphatic rings. The van der Waals surface area contributed by atoms with Crippen molar-refractivity contribution in [3.8, 4) is 0 Å². The van der Waals surface area contributed by atoms with Gasteiger partial charge in [-0.25, -0.2) is 4.79 Å². The highest BCUT2D eigenvalue weighted by atomic mass is 16.6. The van der Waals surface area contributed by atoms with Crippen molar-refractivity contribution < 1.29 is 14.5 Å². The van der Waals surface area contributed by atoms with Gasteiger partial charge in [0.05, 0.1) is 23.1 Å². The Hall–Kier alpha value is -3.68. The van der Waals surface area contributed by atoms with Crippen molar-refractivity contribution in [2.24, 2.45) is 7.05 Å². The average Bonchev–Trinajstić information content (AvgIpc) is 2.65. The maximum absolute atomic E-state index is 12.4. The van der Waals surface area contributed by atoms with Crippen LogP contribution in [0.25, 0.3) is 10.9 Å². The molecule has 26 heavy (non-hydrogen) atoms. The van der Waals surface area contributed by atoms with Crippen molar-refractivity contribution in [1.29, 1.82) is 0 Å². The Morgan fingerprint density at radius 3 is 2.42 bits per heavy atom. The minimum absolute atomic E-state index is 0.111. The third kappa shape index (κ3) is 2.88. The van der Waals surface area contributed by atoms with Crippen LogP contribution in [0.4, 0.5) is 17.1 Å². The Morgan fingerprint density at radius 2 is 1.81 bits per heavy atom. The second kappa shape index (κ2) is 6.67. The van der Waals surface area contributed by atoms with Crippen molar-refractivity contribution in [3.05, 3.63) is 74.6 Å². The van der Waals surface area contributed by atoms with E-state index in [9.17, 15) is 19.7 Å². The number of carbonyl (C=O) groups is 1. The third-order valence-electron chi connectivity index (χ3n) is 4.04. The molecule has 0 saturated carbocycles. The summed E-state index contributed by atoms with van der Waals surface area (Å²) in [6, 6.07) is 13.1. The zero-order chi connectivity index (χ0) is 18.8. The summed E-state index contributed by atoms with van der Waals surface area (Å²) in [5, 5.41) is 15.0. The molecule has 1 aromatic heterocycles. The molecule has 0 spiro atoms. The lowest BCUT2D eigenvalue weighted by Crippen LogP contribution is -2.22. The topological polar surface area (TPSA) is 103 Å². The summed E-state index contributed by atoms with van der Waals surface area (Å²) in [6.07, 6.45) is 0. The predicted molar refractivity (Wildman–Crippen MR) is 96.9 cm³/mol. The monoisotopic (exact) mass is 353 g/mol. The number of fused-ring (bicyclic) bond motifs is 1. The molecule has 8 heteroatoms. The highest BCUT2D eigenvalue weighted by Gasteiger charge is 2.24. The lowest BCUT2D eigenvalue weighted by molar-refractivity contribution is -0.385. The van der Waals surface area contributed by atoms with Gasteiger partial charge >= 0.3 is 17.2 Å². The highest BCUT2D eigenvalue weighted by molar-refractivity contribution is 5.98. The second-order valence-electron chi connectivity index (χ2n) is 5.56. The molecule has 1 heterocycles. The highest BCUT2D eigenvalue weighted by Crippen LogP contribution is 2.32. The number of nitrogens with one attached hydrogen (secondary N) is 1. The number of aromatic nitrogens is 1. The summed E-state index contributed by atoms with van der Waals surface area (Å²) in [5.74, 6) is -0.485. The number of pyridine rings is 1. The van der Waals surface area contributed by atoms with E-state index in [1.165, 1.54) is 30.9 Å². The van der Waals surface area contributed by atoms with E-state index in [0.717, 1.165) is 0 Å². The van der Waals surface area contributed by atoms with E-state index in [4.69, 9.17) is 0 Å². The SMILES string of the molecule is COC(=O)c1ccc(Nc2c([N+](=O)[O-])c(=O)n(C)c3ccccc23)cc1. The molecule has 0 radical (unpaired) electrons. The van der Waals surface area contributed by atoms with Crippen LogP contribution < -0.4 is 10.9 Å². The first kappa shape index (κ1) is 17.2. The van der Waals surface area contributed by atoms with Gasteiger partial charge in [-0.15, -0.1) is 0 Å². The number of esters is 1. The zero-order valence-corrected chi connectivity index (χ0v) is 14.1. The first-order valence-corrected chi connectivity index (χ1v) is 7.65. The van der Waals surface area contributed by atoms with Gasteiger partial charge in [0.2, 0.25) is 0 Å². The molecular formula is C18H15N3O5. The van der Waals surface area contributed by atoms with E-state index in [1.807, 2.05) is 0 Å². The molecule has 0 unspecified atom stereocenters. The fraction of sp³-hybridized carbons (Fsp3) is 0.111. The summed E-state index contributed by atoms with van der Waals surface area (Å²) in [5.41, 5.74) is 0.280. The first-order chi connectivity index (χ1) is 12.4. The van der Waals surface area contributed by atoms with E-state index in [0.29, 0.717) is 22.2 Å². The normalized spacial score (nSPS) is 10.5. The van der Waals surface area contributed by atoms with Crippen molar-refractivity contribution in [2.75, 3.05) is 12.4 Å². The molecule has 132 valence electrons. The summed E-state index contributed by atoms with van der Waals surface area (Å²) in [4.78, 5) is 34.8. The van der Waals surface area contributed by atoms with Gasteiger partial charge in [-0.05, 0) is 30.3 Å². The molecule has 3 aromatic rings. The Morgan fingerprint density at radius 1 is 1.15 bits per heavy atom. The quantitative estimate of drug-likeness (QED) is 0.439. The molecule has 0 fully saturated rings. The summed E-state index contributed by atoms with van der Waals surface area (Å²) >= 11 is 0. The molecule has 0 amide bonds. The van der Waals surface area contributed by atoms with Crippen LogP contribution in [0.3, 0.4) is 0 Å². The van der Waals surface area contributed by atoms with Gasteiger partial charge in [0.25, 0.3) is 0 Å². The summed E-state index contributed by atoms with van der Waals surface area (Å²) in [6.45, 7) is 0. The summed E-state index contributed by atoms with van der Waals surface area (Å²) < 4.78 is 5.89. The molecule has 0 aliphatic carbocycles. The van der Waals surface area contributed by atoms with Crippen LogP contribution in [-0.4, -0.2) is 22.6 Å². The van der Waals surface area contributed by atoms with Crippen LogP contribution in [0, 0.1) is 10.1 Å². The van der Waals surface area contributed by atoms with Crippen molar-refractivity contribution in [2.45, 2.75) is 0 Å². The van der Waals surface area contributed by atoms with Crippen LogP contribution in [0.15, 0.2) is 53.3 Å². The van der Waals surface area contributed by atoms with Crippen molar-refractivity contribution in [3.63, 3.8) is 0 Å². The van der Waals surface area contributed by atoms with Crippen LogP contribution in [0.1, 0.15) is 10.4 Å². The number of hydrogen-bond donors (Lipinski definition) is 1. The van der Waals surface area contributed by atoms with Crippen LogP contribution in [0.2, 0.25) is 0 Å². The number of nitrogens with zero attached hydrogens (tertiary/aromatic N) is 2. The number of aryl methyl sites for hydroxylation is 1. The first-order valence-electron chi connectivity index (χ1n) is 7.65. The molecular weight excluding hydrogens is 338 g/mol. The number of ether oxygens (including phenoxy) is 1. The lowest BCUT2D eigenvalue weighted by Gasteiger charge is -2.13. The molecule has 8 nitrogen and oxygen atoms in total. The number of carbonyl (C=O) groups excluding carboxylic acids is 1. The molecule has 2 aromatic carbocycles. The van der Waals surface area contributed by atoms with Crippen molar-refractivity contribution >= 4 is 33.9 Å². The molecule has 1 N–H and O–H groups in total. The molecule has 3 rings (SSSR count). The van der Waals surface area contributed by atoms with E-state index >= 15 is 0 Å². The molecule has 0 saturated heterocycles. The Bertz CT molecular complexity index is 1070. The van der Waals surface area contributed by atoms with Gasteiger partial charge in [0, 0.05) is 18.1 Å². The van der Waals surface area contributed by atoms with Gasteiger partial charge < -0.3 is 14.6 Å². The number of methoxy groups -OCH3 is 1. The van der Waals surface area contributed by atoms with Crippen molar-refractivity contribution in [1.82, 2.24) is 4.57 Å². The lowest BCUT2D eigenvalue weighted by atomic mass is 10.1. The fourth-order valence-electron chi connectivity index (χ4n) is 2.73. The van der Waals surface area contributed by atoms with Gasteiger partial charge in [-0.1, -0.05) is 18.2 Å². The molecule has 0 bridgehead atoms. The Balaban J connectivity index is 2.16. The maximum Gasteiger partial charge on any atom is 0.357 e. The van der Waals surface area contributed by atoms with Gasteiger partial charge in [0.15, 0.2) is 0 Å².